The Morgan fingerprint density at radius 2 is 1.66 bits per heavy atom. The summed E-state index contributed by atoms with van der Waals surface area (Å²) in [5.74, 6) is 0.915. The van der Waals surface area contributed by atoms with E-state index in [4.69, 9.17) is 9.47 Å². The minimum absolute atomic E-state index is 0.0351. The number of carbonyl (C=O) groups is 2. The lowest BCUT2D eigenvalue weighted by atomic mass is 10.1. The van der Waals surface area contributed by atoms with Crippen LogP contribution in [0.5, 0.6) is 11.5 Å². The monoisotopic (exact) mass is 504 g/mol. The van der Waals surface area contributed by atoms with Crippen molar-refractivity contribution in [2.24, 2.45) is 0 Å². The van der Waals surface area contributed by atoms with Crippen LogP contribution >= 0.6 is 15.9 Å². The van der Waals surface area contributed by atoms with Gasteiger partial charge in [-0.15, -0.1) is 0 Å². The van der Waals surface area contributed by atoms with Gasteiger partial charge in [-0.25, -0.2) is 0 Å². The average Bonchev–Trinajstić information content (AvgIpc) is 2.78. The van der Waals surface area contributed by atoms with Crippen LogP contribution in [0.15, 0.2) is 40.9 Å². The van der Waals surface area contributed by atoms with Gasteiger partial charge >= 0.3 is 0 Å². The summed E-state index contributed by atoms with van der Waals surface area (Å²) in [6.45, 7) is 9.78. The molecule has 2 atom stereocenters. The summed E-state index contributed by atoms with van der Waals surface area (Å²) in [5.41, 5.74) is 2.96. The molecule has 0 radical (unpaired) electrons. The Kier molecular flexibility index (Phi) is 9.57. The molecule has 0 aliphatic carbocycles. The highest BCUT2D eigenvalue weighted by molar-refractivity contribution is 9.10. The van der Waals surface area contributed by atoms with E-state index in [9.17, 15) is 9.59 Å². The number of hydrogen-bond donors (Lipinski definition) is 1. The molecule has 2 rings (SSSR count). The lowest BCUT2D eigenvalue weighted by Gasteiger charge is -2.29. The zero-order valence-electron chi connectivity index (χ0n) is 19.7. The molecule has 0 saturated heterocycles. The number of benzene rings is 2. The molecule has 0 unspecified atom stereocenters. The van der Waals surface area contributed by atoms with E-state index in [0.29, 0.717) is 12.3 Å². The molecule has 2 aromatic rings. The summed E-state index contributed by atoms with van der Waals surface area (Å²) in [6, 6.07) is 10.6. The highest BCUT2D eigenvalue weighted by atomic mass is 79.9. The highest BCUT2D eigenvalue weighted by Crippen LogP contribution is 2.26. The lowest BCUT2D eigenvalue weighted by molar-refractivity contribution is -0.142. The predicted octanol–water partition coefficient (Wildman–Crippen LogP) is 4.79. The molecule has 7 heteroatoms. The molecule has 0 bridgehead atoms. The van der Waals surface area contributed by atoms with Gasteiger partial charge in [0.2, 0.25) is 5.91 Å². The number of hydrogen-bond acceptors (Lipinski definition) is 4. The van der Waals surface area contributed by atoms with E-state index in [1.54, 1.807) is 18.9 Å². The van der Waals surface area contributed by atoms with Gasteiger partial charge < -0.3 is 19.7 Å². The SMILES string of the molecule is CC[C@H](C)NC(=O)[C@H](C)N(Cc1ccc(OC)cc1)C(=O)COc1cc(C)c(Br)c(C)c1. The van der Waals surface area contributed by atoms with Crippen molar-refractivity contribution in [1.29, 1.82) is 0 Å². The van der Waals surface area contributed by atoms with E-state index in [1.807, 2.05) is 64.1 Å². The van der Waals surface area contributed by atoms with Gasteiger partial charge in [0.1, 0.15) is 17.5 Å². The van der Waals surface area contributed by atoms with Crippen LogP contribution in [0.3, 0.4) is 0 Å². The van der Waals surface area contributed by atoms with Crippen molar-refractivity contribution in [3.8, 4) is 11.5 Å². The maximum absolute atomic E-state index is 13.2. The van der Waals surface area contributed by atoms with E-state index < -0.39 is 6.04 Å². The zero-order valence-corrected chi connectivity index (χ0v) is 21.3. The first-order chi connectivity index (χ1) is 15.2. The fourth-order valence-electron chi connectivity index (χ4n) is 3.19. The number of rotatable bonds is 10. The van der Waals surface area contributed by atoms with Crippen LogP contribution in [0.2, 0.25) is 0 Å². The van der Waals surface area contributed by atoms with Crippen molar-refractivity contribution in [2.45, 2.75) is 59.7 Å². The maximum Gasteiger partial charge on any atom is 0.261 e. The van der Waals surface area contributed by atoms with Crippen molar-refractivity contribution in [3.05, 3.63) is 57.6 Å². The Bertz CT molecular complexity index is 907. The summed E-state index contributed by atoms with van der Waals surface area (Å²) in [4.78, 5) is 27.5. The van der Waals surface area contributed by atoms with Crippen molar-refractivity contribution < 1.29 is 19.1 Å². The van der Waals surface area contributed by atoms with Gasteiger partial charge in [-0.2, -0.15) is 0 Å². The number of methoxy groups -OCH3 is 1. The molecule has 0 aliphatic rings. The molecule has 1 N–H and O–H groups in total. The molecule has 0 spiro atoms. The van der Waals surface area contributed by atoms with E-state index in [-0.39, 0.29) is 24.5 Å². The third-order valence-corrected chi connectivity index (χ3v) is 6.70. The number of aryl methyl sites for hydroxylation is 2. The number of nitrogens with zero attached hydrogens (tertiary/aromatic N) is 1. The first-order valence-electron chi connectivity index (χ1n) is 10.8. The second-order valence-corrected chi connectivity index (χ2v) is 8.82. The molecule has 0 aliphatic heterocycles. The average molecular weight is 505 g/mol. The summed E-state index contributed by atoms with van der Waals surface area (Å²) >= 11 is 3.54. The Hall–Kier alpha value is -2.54. The minimum Gasteiger partial charge on any atom is -0.497 e. The van der Waals surface area contributed by atoms with Crippen molar-refractivity contribution >= 4 is 27.7 Å². The normalized spacial score (nSPS) is 12.6. The van der Waals surface area contributed by atoms with Crippen molar-refractivity contribution in [3.63, 3.8) is 0 Å². The number of amides is 2. The lowest BCUT2D eigenvalue weighted by Crippen LogP contribution is -2.50. The topological polar surface area (TPSA) is 67.9 Å². The summed E-state index contributed by atoms with van der Waals surface area (Å²) in [7, 11) is 1.61. The highest BCUT2D eigenvalue weighted by Gasteiger charge is 2.27. The molecule has 6 nitrogen and oxygen atoms in total. The van der Waals surface area contributed by atoms with E-state index in [2.05, 4.69) is 21.2 Å². The molecular weight excluding hydrogens is 472 g/mol. The van der Waals surface area contributed by atoms with E-state index in [0.717, 1.165) is 33.3 Å². The Balaban J connectivity index is 2.19. The van der Waals surface area contributed by atoms with E-state index >= 15 is 0 Å². The van der Waals surface area contributed by atoms with Crippen LogP contribution in [-0.4, -0.2) is 42.5 Å². The Labute approximate surface area is 199 Å². The third kappa shape index (κ3) is 6.99. The van der Waals surface area contributed by atoms with Crippen LogP contribution in [0.4, 0.5) is 0 Å². The van der Waals surface area contributed by atoms with Crippen LogP contribution in [0.1, 0.15) is 43.9 Å². The van der Waals surface area contributed by atoms with Crippen LogP contribution in [-0.2, 0) is 16.1 Å². The maximum atomic E-state index is 13.2. The molecular formula is C25H33BrN2O4. The summed E-state index contributed by atoms with van der Waals surface area (Å²) < 4.78 is 12.0. The van der Waals surface area contributed by atoms with Gasteiger partial charge in [0.05, 0.1) is 7.11 Å². The third-order valence-electron chi connectivity index (χ3n) is 5.45. The Morgan fingerprint density at radius 1 is 1.06 bits per heavy atom. The fourth-order valence-corrected chi connectivity index (χ4v) is 3.42. The Morgan fingerprint density at radius 3 is 2.19 bits per heavy atom. The first-order valence-corrected chi connectivity index (χ1v) is 11.6. The molecule has 174 valence electrons. The van der Waals surface area contributed by atoms with Gasteiger partial charge in [0, 0.05) is 17.1 Å². The van der Waals surface area contributed by atoms with Gasteiger partial charge in [-0.1, -0.05) is 35.0 Å². The van der Waals surface area contributed by atoms with Crippen LogP contribution in [0.25, 0.3) is 0 Å². The zero-order chi connectivity index (χ0) is 23.8. The van der Waals surface area contributed by atoms with Crippen molar-refractivity contribution in [1.82, 2.24) is 10.2 Å². The largest absolute Gasteiger partial charge is 0.497 e. The summed E-state index contributed by atoms with van der Waals surface area (Å²) in [5, 5.41) is 2.96. The molecule has 0 aromatic heterocycles. The van der Waals surface area contributed by atoms with Gasteiger partial charge in [0.15, 0.2) is 6.61 Å². The molecule has 0 fully saturated rings. The standard InChI is InChI=1S/C25H33BrN2O4/c1-7-18(4)27-25(30)19(5)28(14-20-8-10-21(31-6)11-9-20)23(29)15-32-22-12-16(2)24(26)17(3)13-22/h8-13,18-19H,7,14-15H2,1-6H3,(H,27,30)/t18-,19-/m0/s1. The van der Waals surface area contributed by atoms with Crippen LogP contribution in [0, 0.1) is 13.8 Å². The molecule has 0 saturated carbocycles. The second kappa shape index (κ2) is 11.9. The second-order valence-electron chi connectivity index (χ2n) is 8.02. The van der Waals surface area contributed by atoms with Gasteiger partial charge in [-0.05, 0) is 75.1 Å². The predicted molar refractivity (Wildman–Crippen MR) is 130 cm³/mol. The molecule has 32 heavy (non-hydrogen) atoms. The summed E-state index contributed by atoms with van der Waals surface area (Å²) in [6.07, 6.45) is 0.816. The van der Waals surface area contributed by atoms with Crippen LogP contribution < -0.4 is 14.8 Å². The number of carbonyl (C=O) groups excluding carboxylic acids is 2. The van der Waals surface area contributed by atoms with E-state index in [1.165, 1.54) is 0 Å². The molecule has 0 heterocycles. The van der Waals surface area contributed by atoms with Gasteiger partial charge in [-0.3, -0.25) is 9.59 Å². The smallest absolute Gasteiger partial charge is 0.261 e. The number of halogens is 1. The molecule has 2 aromatic carbocycles. The minimum atomic E-state index is -0.643. The molecule has 2 amide bonds. The number of nitrogens with one attached hydrogen (secondary N) is 1. The first kappa shape index (κ1) is 25.7. The quantitative estimate of drug-likeness (QED) is 0.505. The van der Waals surface area contributed by atoms with Gasteiger partial charge in [0.25, 0.3) is 5.91 Å². The van der Waals surface area contributed by atoms with Crippen molar-refractivity contribution in [2.75, 3.05) is 13.7 Å². The fraction of sp³-hybridized carbons (Fsp3) is 0.440. The number of ether oxygens (including phenoxy) is 2.